The molecule has 0 N–H and O–H groups in total. The van der Waals surface area contributed by atoms with Crippen LogP contribution in [0, 0.1) is 0 Å². The average molecular weight is 384 g/mol. The van der Waals surface area contributed by atoms with E-state index in [0.29, 0.717) is 17.1 Å². The molecule has 1 amide bonds. The number of halogens is 3. The molecule has 27 heavy (non-hydrogen) atoms. The number of methoxy groups -OCH3 is 3. The number of hydrogen-bond donors (Lipinski definition) is 0. The Hall–Kier alpha value is -2.97. The van der Waals surface area contributed by atoms with Crippen LogP contribution in [0.3, 0.4) is 0 Å². The van der Waals surface area contributed by atoms with Gasteiger partial charge in [-0.25, -0.2) is 4.98 Å². The summed E-state index contributed by atoms with van der Waals surface area (Å²) >= 11 is 0. The predicted molar refractivity (Wildman–Crippen MR) is 91.1 cm³/mol. The zero-order valence-electron chi connectivity index (χ0n) is 15.3. The van der Waals surface area contributed by atoms with Crippen molar-refractivity contribution in [1.29, 1.82) is 0 Å². The Morgan fingerprint density at radius 1 is 1.07 bits per heavy atom. The number of rotatable bonds is 6. The number of carbonyl (C=O) groups is 1. The highest BCUT2D eigenvalue weighted by atomic mass is 19.4. The van der Waals surface area contributed by atoms with Crippen molar-refractivity contribution in [2.45, 2.75) is 12.7 Å². The summed E-state index contributed by atoms with van der Waals surface area (Å²) in [6.45, 7) is -0.0403. The highest BCUT2D eigenvalue weighted by Crippen LogP contribution is 2.36. The van der Waals surface area contributed by atoms with Crippen molar-refractivity contribution in [2.24, 2.45) is 0 Å². The van der Waals surface area contributed by atoms with E-state index in [2.05, 4.69) is 4.98 Å². The molecule has 0 saturated carbocycles. The third-order valence-electron chi connectivity index (χ3n) is 3.90. The molecule has 0 aliphatic rings. The molecule has 0 radical (unpaired) electrons. The first-order chi connectivity index (χ1) is 12.7. The van der Waals surface area contributed by atoms with Gasteiger partial charge >= 0.3 is 6.18 Å². The second kappa shape index (κ2) is 8.15. The molecule has 0 spiro atoms. The van der Waals surface area contributed by atoms with E-state index in [1.807, 2.05) is 0 Å². The number of aromatic nitrogens is 1. The summed E-state index contributed by atoms with van der Waals surface area (Å²) in [5.41, 5.74) is -1.24. The summed E-state index contributed by atoms with van der Waals surface area (Å²) in [6.07, 6.45) is -3.79. The lowest BCUT2D eigenvalue weighted by molar-refractivity contribution is -0.138. The van der Waals surface area contributed by atoms with Gasteiger partial charge in [-0.15, -0.1) is 0 Å². The van der Waals surface area contributed by atoms with Crippen molar-refractivity contribution < 1.29 is 32.2 Å². The zero-order valence-corrected chi connectivity index (χ0v) is 15.3. The molecule has 9 heteroatoms. The molecular weight excluding hydrogens is 365 g/mol. The number of nitrogens with zero attached hydrogens (tertiary/aromatic N) is 2. The van der Waals surface area contributed by atoms with Gasteiger partial charge < -0.3 is 19.1 Å². The number of benzene rings is 1. The van der Waals surface area contributed by atoms with Gasteiger partial charge in [-0.2, -0.15) is 13.2 Å². The normalized spacial score (nSPS) is 11.1. The second-order valence-corrected chi connectivity index (χ2v) is 5.54. The SMILES string of the molecule is COc1cccc(OC)c1CN(C)C(=O)c1c(C(F)(F)F)ccnc1OC. The fourth-order valence-electron chi connectivity index (χ4n) is 2.62. The maximum atomic E-state index is 13.4. The molecule has 0 saturated heterocycles. The van der Waals surface area contributed by atoms with Crippen molar-refractivity contribution in [3.63, 3.8) is 0 Å². The third kappa shape index (κ3) is 4.24. The van der Waals surface area contributed by atoms with Crippen LogP contribution < -0.4 is 14.2 Å². The topological polar surface area (TPSA) is 60.9 Å². The largest absolute Gasteiger partial charge is 0.496 e. The molecule has 0 atom stereocenters. The molecule has 1 heterocycles. The van der Waals surface area contributed by atoms with E-state index in [4.69, 9.17) is 14.2 Å². The Kier molecular flexibility index (Phi) is 6.14. The summed E-state index contributed by atoms with van der Waals surface area (Å²) in [7, 11) is 5.43. The molecule has 0 unspecified atom stereocenters. The average Bonchev–Trinajstić information content (AvgIpc) is 2.65. The highest BCUT2D eigenvalue weighted by molar-refractivity contribution is 5.98. The first-order valence-electron chi connectivity index (χ1n) is 7.80. The Morgan fingerprint density at radius 3 is 2.15 bits per heavy atom. The molecule has 1 aromatic carbocycles. The van der Waals surface area contributed by atoms with Crippen molar-refractivity contribution in [3.8, 4) is 17.4 Å². The van der Waals surface area contributed by atoms with Gasteiger partial charge in [0.2, 0.25) is 5.88 Å². The van der Waals surface area contributed by atoms with Crippen LogP contribution in [0.5, 0.6) is 17.4 Å². The minimum Gasteiger partial charge on any atom is -0.496 e. The summed E-state index contributed by atoms with van der Waals surface area (Å²) in [5, 5.41) is 0. The van der Waals surface area contributed by atoms with Crippen molar-refractivity contribution in [1.82, 2.24) is 9.88 Å². The molecule has 0 bridgehead atoms. The minimum atomic E-state index is -4.73. The van der Waals surface area contributed by atoms with Gasteiger partial charge in [0.25, 0.3) is 5.91 Å². The maximum absolute atomic E-state index is 13.4. The van der Waals surface area contributed by atoms with E-state index in [0.717, 1.165) is 24.3 Å². The Morgan fingerprint density at radius 2 is 1.67 bits per heavy atom. The molecule has 0 aliphatic carbocycles. The van der Waals surface area contributed by atoms with Gasteiger partial charge in [-0.3, -0.25) is 4.79 Å². The number of carbonyl (C=O) groups excluding carboxylic acids is 1. The van der Waals surface area contributed by atoms with Gasteiger partial charge in [0, 0.05) is 13.2 Å². The number of ether oxygens (including phenoxy) is 3. The lowest BCUT2D eigenvalue weighted by Crippen LogP contribution is -2.29. The van der Waals surface area contributed by atoms with Gasteiger partial charge in [0.15, 0.2) is 0 Å². The first kappa shape index (κ1) is 20.3. The first-order valence-corrected chi connectivity index (χ1v) is 7.80. The quantitative estimate of drug-likeness (QED) is 0.764. The van der Waals surface area contributed by atoms with Crippen molar-refractivity contribution >= 4 is 5.91 Å². The lowest BCUT2D eigenvalue weighted by atomic mass is 10.1. The highest BCUT2D eigenvalue weighted by Gasteiger charge is 2.38. The molecule has 6 nitrogen and oxygen atoms in total. The fourth-order valence-corrected chi connectivity index (χ4v) is 2.62. The summed E-state index contributed by atoms with van der Waals surface area (Å²) in [5.74, 6) is -0.389. The van der Waals surface area contributed by atoms with Crippen LogP contribution in [-0.2, 0) is 12.7 Å². The monoisotopic (exact) mass is 384 g/mol. The van der Waals surface area contributed by atoms with E-state index >= 15 is 0 Å². The summed E-state index contributed by atoms with van der Waals surface area (Å²) in [6, 6.07) is 5.78. The second-order valence-electron chi connectivity index (χ2n) is 5.54. The van der Waals surface area contributed by atoms with E-state index < -0.39 is 29.1 Å². The van der Waals surface area contributed by atoms with Crippen LogP contribution in [0.4, 0.5) is 13.2 Å². The van der Waals surface area contributed by atoms with Crippen LogP contribution in [0.15, 0.2) is 30.5 Å². The molecule has 0 aliphatic heterocycles. The van der Waals surface area contributed by atoms with E-state index in [1.165, 1.54) is 21.3 Å². The van der Waals surface area contributed by atoms with E-state index in [1.54, 1.807) is 18.2 Å². The molecular formula is C18H19F3N2O4. The standard InChI is InChI=1S/C18H19F3N2O4/c1-23(10-11-13(25-2)6-5-7-14(11)26-3)17(24)15-12(18(19,20)21)8-9-22-16(15)27-4/h5-9H,10H2,1-4H3. The van der Waals surface area contributed by atoms with Gasteiger partial charge in [-0.1, -0.05) is 6.07 Å². The minimum absolute atomic E-state index is 0.0403. The van der Waals surface area contributed by atoms with Crippen LogP contribution in [0.2, 0.25) is 0 Å². The van der Waals surface area contributed by atoms with Gasteiger partial charge in [0.05, 0.1) is 39.0 Å². The van der Waals surface area contributed by atoms with Crippen molar-refractivity contribution in [2.75, 3.05) is 28.4 Å². The van der Waals surface area contributed by atoms with Crippen LogP contribution in [0.1, 0.15) is 21.5 Å². The number of alkyl halides is 3. The lowest BCUT2D eigenvalue weighted by Gasteiger charge is -2.23. The van der Waals surface area contributed by atoms with Crippen molar-refractivity contribution in [3.05, 3.63) is 47.2 Å². The zero-order chi connectivity index (χ0) is 20.2. The van der Waals surface area contributed by atoms with Crippen LogP contribution in [-0.4, -0.2) is 44.2 Å². The number of amides is 1. The Labute approximate surface area is 154 Å². The summed E-state index contributed by atoms with van der Waals surface area (Å²) in [4.78, 5) is 17.7. The molecule has 1 aromatic heterocycles. The summed E-state index contributed by atoms with van der Waals surface area (Å²) < 4.78 is 55.5. The fraction of sp³-hybridized carbons (Fsp3) is 0.333. The molecule has 146 valence electrons. The van der Waals surface area contributed by atoms with E-state index in [9.17, 15) is 18.0 Å². The van der Waals surface area contributed by atoms with E-state index in [-0.39, 0.29) is 6.54 Å². The smallest absolute Gasteiger partial charge is 0.417 e. The van der Waals surface area contributed by atoms with Crippen LogP contribution in [0.25, 0.3) is 0 Å². The van der Waals surface area contributed by atoms with Gasteiger partial charge in [0.1, 0.15) is 17.1 Å². The molecule has 2 rings (SSSR count). The number of hydrogen-bond acceptors (Lipinski definition) is 5. The van der Waals surface area contributed by atoms with Crippen LogP contribution >= 0.6 is 0 Å². The molecule has 2 aromatic rings. The molecule has 0 fully saturated rings. The number of pyridine rings is 1. The van der Waals surface area contributed by atoms with Gasteiger partial charge in [-0.05, 0) is 18.2 Å². The third-order valence-corrected chi connectivity index (χ3v) is 3.90. The predicted octanol–water partition coefficient (Wildman–Crippen LogP) is 3.40. The Bertz CT molecular complexity index is 802. The maximum Gasteiger partial charge on any atom is 0.417 e. The Balaban J connectivity index is 2.46.